The lowest BCUT2D eigenvalue weighted by atomic mass is 10.1. The quantitative estimate of drug-likeness (QED) is 0.859. The van der Waals surface area contributed by atoms with Crippen LogP contribution in [0, 0.1) is 5.92 Å². The number of urea groups is 1. The molecular formula is C14H23N5O3. The first-order chi connectivity index (χ1) is 10.5. The largest absolute Gasteiger partial charge is 0.354 e. The Balaban J connectivity index is 1.90. The van der Waals surface area contributed by atoms with Crippen LogP contribution in [0.3, 0.4) is 0 Å². The molecule has 1 aliphatic rings. The van der Waals surface area contributed by atoms with Crippen molar-refractivity contribution in [2.75, 3.05) is 19.6 Å². The average Bonchev–Trinajstić information content (AvgIpc) is 2.78. The molecule has 0 spiro atoms. The van der Waals surface area contributed by atoms with Crippen LogP contribution in [0.5, 0.6) is 0 Å². The van der Waals surface area contributed by atoms with E-state index in [1.807, 2.05) is 0 Å². The Bertz CT molecular complexity index is 528. The Morgan fingerprint density at radius 2 is 2.18 bits per heavy atom. The second-order valence-electron chi connectivity index (χ2n) is 5.90. The molecule has 8 nitrogen and oxygen atoms in total. The number of nitrogens with one attached hydrogen (secondary N) is 2. The highest BCUT2D eigenvalue weighted by molar-refractivity contribution is 5.79. The number of carbonyl (C=O) groups excluding carboxylic acids is 2. The van der Waals surface area contributed by atoms with E-state index in [-0.39, 0.29) is 18.0 Å². The van der Waals surface area contributed by atoms with Crippen LogP contribution in [-0.2, 0) is 11.2 Å². The van der Waals surface area contributed by atoms with Crippen LogP contribution in [0.15, 0.2) is 4.52 Å². The van der Waals surface area contributed by atoms with E-state index in [1.165, 1.54) is 0 Å². The highest BCUT2D eigenvalue weighted by atomic mass is 16.5. The molecule has 0 aromatic carbocycles. The molecule has 0 radical (unpaired) electrons. The minimum atomic E-state index is -0.368. The van der Waals surface area contributed by atoms with Gasteiger partial charge in [-0.3, -0.25) is 4.79 Å². The van der Waals surface area contributed by atoms with Gasteiger partial charge in [0.05, 0.1) is 0 Å². The maximum Gasteiger partial charge on any atom is 0.318 e. The molecule has 122 valence electrons. The van der Waals surface area contributed by atoms with Gasteiger partial charge in [0, 0.05) is 32.5 Å². The van der Waals surface area contributed by atoms with Gasteiger partial charge in [0.25, 0.3) is 0 Å². The molecule has 3 amide bonds. The molecule has 1 aromatic rings. The van der Waals surface area contributed by atoms with E-state index in [2.05, 4.69) is 34.6 Å². The van der Waals surface area contributed by atoms with Crippen molar-refractivity contribution in [3.8, 4) is 0 Å². The number of carbonyl (C=O) groups is 2. The molecule has 0 aliphatic carbocycles. The topological polar surface area (TPSA) is 100 Å². The number of nitrogens with zero attached hydrogens (tertiary/aromatic N) is 3. The number of amides is 3. The fourth-order valence-corrected chi connectivity index (χ4v) is 2.20. The molecular weight excluding hydrogens is 286 g/mol. The summed E-state index contributed by atoms with van der Waals surface area (Å²) in [4.78, 5) is 29.4. The van der Waals surface area contributed by atoms with Crippen molar-refractivity contribution in [3.63, 3.8) is 0 Å². The molecule has 8 heteroatoms. The molecule has 0 saturated carbocycles. The molecule has 2 N–H and O–H groups in total. The molecule has 1 fully saturated rings. The standard InChI is InChI=1S/C14H23N5O3/c1-9(2)8-11-17-13(22-18-11)10(3)16-14(21)19-6-4-12(20)15-5-7-19/h9-10H,4-8H2,1-3H3,(H,15,20)(H,16,21)/t10-/m1/s1. The van der Waals surface area contributed by atoms with E-state index in [4.69, 9.17) is 4.52 Å². The van der Waals surface area contributed by atoms with Gasteiger partial charge in [0.1, 0.15) is 6.04 Å². The van der Waals surface area contributed by atoms with Crippen molar-refractivity contribution in [1.29, 1.82) is 0 Å². The third kappa shape index (κ3) is 4.44. The van der Waals surface area contributed by atoms with Gasteiger partial charge in [-0.25, -0.2) is 4.79 Å². The third-order valence-corrected chi connectivity index (χ3v) is 3.38. The van der Waals surface area contributed by atoms with E-state index in [9.17, 15) is 9.59 Å². The SMILES string of the molecule is CC(C)Cc1noc([C@@H](C)NC(=O)N2CCNC(=O)CC2)n1. The van der Waals surface area contributed by atoms with Gasteiger partial charge < -0.3 is 20.1 Å². The molecule has 1 atom stereocenters. The molecule has 2 rings (SSSR count). The molecule has 1 aromatic heterocycles. The summed E-state index contributed by atoms with van der Waals surface area (Å²) >= 11 is 0. The second-order valence-corrected chi connectivity index (χ2v) is 5.90. The van der Waals surface area contributed by atoms with Crippen molar-refractivity contribution in [2.45, 2.75) is 39.7 Å². The van der Waals surface area contributed by atoms with Crippen LogP contribution in [0.4, 0.5) is 4.79 Å². The average molecular weight is 309 g/mol. The third-order valence-electron chi connectivity index (χ3n) is 3.38. The smallest absolute Gasteiger partial charge is 0.318 e. The summed E-state index contributed by atoms with van der Waals surface area (Å²) in [5.41, 5.74) is 0. The van der Waals surface area contributed by atoms with Crippen molar-refractivity contribution >= 4 is 11.9 Å². The normalized spacial score (nSPS) is 17.1. The van der Waals surface area contributed by atoms with E-state index in [0.717, 1.165) is 6.42 Å². The number of hydrogen-bond donors (Lipinski definition) is 2. The molecule has 1 aliphatic heterocycles. The molecule has 0 bridgehead atoms. The number of aromatic nitrogens is 2. The summed E-state index contributed by atoms with van der Waals surface area (Å²) in [6.07, 6.45) is 1.06. The molecule has 2 heterocycles. The van der Waals surface area contributed by atoms with Crippen LogP contribution in [0.1, 0.15) is 44.9 Å². The minimum Gasteiger partial charge on any atom is -0.354 e. The zero-order chi connectivity index (χ0) is 16.1. The van der Waals surface area contributed by atoms with Crippen molar-refractivity contribution in [2.24, 2.45) is 5.92 Å². The van der Waals surface area contributed by atoms with E-state index in [0.29, 0.717) is 43.7 Å². The van der Waals surface area contributed by atoms with Gasteiger partial charge in [0.15, 0.2) is 5.82 Å². The monoisotopic (exact) mass is 309 g/mol. The summed E-state index contributed by atoms with van der Waals surface area (Å²) in [5.74, 6) is 1.46. The number of hydrogen-bond acceptors (Lipinski definition) is 5. The summed E-state index contributed by atoms with van der Waals surface area (Å²) in [6, 6.07) is -0.597. The zero-order valence-electron chi connectivity index (χ0n) is 13.3. The van der Waals surface area contributed by atoms with Crippen LogP contribution in [0.2, 0.25) is 0 Å². The molecule has 0 unspecified atom stereocenters. The summed E-state index contributed by atoms with van der Waals surface area (Å²) in [5, 5.41) is 9.48. The van der Waals surface area contributed by atoms with Gasteiger partial charge >= 0.3 is 6.03 Å². The van der Waals surface area contributed by atoms with Crippen LogP contribution in [0.25, 0.3) is 0 Å². The first kappa shape index (κ1) is 16.3. The van der Waals surface area contributed by atoms with E-state index >= 15 is 0 Å². The Hall–Kier alpha value is -2.12. The van der Waals surface area contributed by atoms with Gasteiger partial charge in [0.2, 0.25) is 11.8 Å². The Kier molecular flexibility index (Phi) is 5.35. The van der Waals surface area contributed by atoms with E-state index in [1.54, 1.807) is 11.8 Å². The summed E-state index contributed by atoms with van der Waals surface area (Å²) < 4.78 is 5.20. The van der Waals surface area contributed by atoms with Gasteiger partial charge in [-0.1, -0.05) is 19.0 Å². The maximum atomic E-state index is 12.2. The Morgan fingerprint density at radius 1 is 1.41 bits per heavy atom. The van der Waals surface area contributed by atoms with Crippen molar-refractivity contribution in [3.05, 3.63) is 11.7 Å². The van der Waals surface area contributed by atoms with Crippen LogP contribution < -0.4 is 10.6 Å². The lowest BCUT2D eigenvalue weighted by molar-refractivity contribution is -0.120. The lowest BCUT2D eigenvalue weighted by Crippen LogP contribution is -2.42. The highest BCUT2D eigenvalue weighted by Crippen LogP contribution is 2.12. The Morgan fingerprint density at radius 3 is 2.91 bits per heavy atom. The predicted molar refractivity (Wildman–Crippen MR) is 79.0 cm³/mol. The van der Waals surface area contributed by atoms with E-state index < -0.39 is 0 Å². The fourth-order valence-electron chi connectivity index (χ4n) is 2.20. The van der Waals surface area contributed by atoms with Crippen LogP contribution in [-0.4, -0.2) is 46.6 Å². The van der Waals surface area contributed by atoms with Gasteiger partial charge in [-0.2, -0.15) is 4.98 Å². The Labute approximate surface area is 129 Å². The number of rotatable bonds is 4. The molecule has 1 saturated heterocycles. The zero-order valence-corrected chi connectivity index (χ0v) is 13.3. The van der Waals surface area contributed by atoms with Gasteiger partial charge in [-0.15, -0.1) is 0 Å². The summed E-state index contributed by atoms with van der Waals surface area (Å²) in [7, 11) is 0. The minimum absolute atomic E-state index is 0.0291. The van der Waals surface area contributed by atoms with Crippen molar-refractivity contribution in [1.82, 2.24) is 25.7 Å². The fraction of sp³-hybridized carbons (Fsp3) is 0.714. The van der Waals surface area contributed by atoms with Gasteiger partial charge in [-0.05, 0) is 12.8 Å². The first-order valence-corrected chi connectivity index (χ1v) is 7.60. The second kappa shape index (κ2) is 7.24. The van der Waals surface area contributed by atoms with Crippen LogP contribution >= 0.6 is 0 Å². The molecule has 22 heavy (non-hydrogen) atoms. The highest BCUT2D eigenvalue weighted by Gasteiger charge is 2.22. The first-order valence-electron chi connectivity index (χ1n) is 7.60. The lowest BCUT2D eigenvalue weighted by Gasteiger charge is -2.21. The maximum absolute atomic E-state index is 12.2. The predicted octanol–water partition coefficient (Wildman–Crippen LogP) is 0.861. The summed E-state index contributed by atoms with van der Waals surface area (Å²) in [6.45, 7) is 7.33. The van der Waals surface area contributed by atoms with Crippen molar-refractivity contribution < 1.29 is 14.1 Å².